The highest BCUT2D eigenvalue weighted by Crippen LogP contribution is 2.32. The Morgan fingerprint density at radius 1 is 1.11 bits per heavy atom. The number of hydrogen-bond acceptors (Lipinski definition) is 3. The van der Waals surface area contributed by atoms with Gasteiger partial charge in [0.05, 0.1) is 12.1 Å². The number of benzene rings is 2. The summed E-state index contributed by atoms with van der Waals surface area (Å²) in [6, 6.07) is 10.9. The Balaban J connectivity index is 1.61. The van der Waals surface area contributed by atoms with Crippen LogP contribution in [0, 0.1) is 5.82 Å². The van der Waals surface area contributed by atoms with Gasteiger partial charge in [0.2, 0.25) is 0 Å². The molecule has 0 bridgehead atoms. The first-order chi connectivity index (χ1) is 13.6. The van der Waals surface area contributed by atoms with Gasteiger partial charge in [0.1, 0.15) is 17.3 Å². The van der Waals surface area contributed by atoms with E-state index >= 15 is 0 Å². The van der Waals surface area contributed by atoms with E-state index in [1.807, 2.05) is 31.3 Å². The average Bonchev–Trinajstić information content (AvgIpc) is 3.00. The molecule has 28 heavy (non-hydrogen) atoms. The fourth-order valence-corrected chi connectivity index (χ4v) is 3.63. The number of unbranched alkanes of at least 4 members (excludes halogenated alkanes) is 3. The lowest BCUT2D eigenvalue weighted by Gasteiger charge is -2.08. The summed E-state index contributed by atoms with van der Waals surface area (Å²) in [5.41, 5.74) is 2.09. The summed E-state index contributed by atoms with van der Waals surface area (Å²) in [7, 11) is 1.87. The maximum Gasteiger partial charge on any atom is 0.136 e. The smallest absolute Gasteiger partial charge is 0.136 e. The summed E-state index contributed by atoms with van der Waals surface area (Å²) in [5, 5.41) is 8.77. The molecule has 1 heterocycles. The molecule has 150 valence electrons. The van der Waals surface area contributed by atoms with Crippen molar-refractivity contribution in [1.82, 2.24) is 15.1 Å². The predicted octanol–water partition coefficient (Wildman–Crippen LogP) is 5.69. The van der Waals surface area contributed by atoms with Gasteiger partial charge < -0.3 is 10.1 Å². The van der Waals surface area contributed by atoms with Gasteiger partial charge in [-0.05, 0) is 56.3 Å². The number of aromatic nitrogens is 2. The van der Waals surface area contributed by atoms with Gasteiger partial charge in [-0.3, -0.25) is 4.68 Å². The predicted molar refractivity (Wildman–Crippen MR) is 116 cm³/mol. The maximum absolute atomic E-state index is 14.8. The number of hydrogen-bond donors (Lipinski definition) is 1. The molecule has 4 nitrogen and oxygen atoms in total. The minimum absolute atomic E-state index is 0.314. The molecule has 0 unspecified atom stereocenters. The fraction of sp³-hybridized carbons (Fsp3) is 0.409. The molecule has 0 atom stereocenters. The van der Waals surface area contributed by atoms with E-state index in [-0.39, 0.29) is 5.82 Å². The quantitative estimate of drug-likeness (QED) is 0.405. The third-order valence-electron chi connectivity index (χ3n) is 4.78. The summed E-state index contributed by atoms with van der Waals surface area (Å²) in [4.78, 5) is 0. The second-order valence-electron chi connectivity index (χ2n) is 6.89. The monoisotopic (exact) mass is 447 g/mol. The van der Waals surface area contributed by atoms with E-state index < -0.39 is 0 Å². The van der Waals surface area contributed by atoms with Crippen molar-refractivity contribution < 1.29 is 9.13 Å². The molecule has 0 saturated carbocycles. The lowest BCUT2D eigenvalue weighted by molar-refractivity contribution is 0.303. The third-order valence-corrected chi connectivity index (χ3v) is 5.27. The van der Waals surface area contributed by atoms with Crippen molar-refractivity contribution in [3.8, 4) is 17.0 Å². The van der Waals surface area contributed by atoms with E-state index in [2.05, 4.69) is 33.3 Å². The van der Waals surface area contributed by atoms with E-state index in [1.165, 1.54) is 18.9 Å². The largest absolute Gasteiger partial charge is 0.493 e. The molecular formula is C22H27BrFN3O. The van der Waals surface area contributed by atoms with Crippen LogP contribution in [0.15, 0.2) is 40.9 Å². The zero-order chi connectivity index (χ0) is 19.9. The Morgan fingerprint density at radius 3 is 2.71 bits per heavy atom. The van der Waals surface area contributed by atoms with Crippen LogP contribution in [0.4, 0.5) is 4.39 Å². The van der Waals surface area contributed by atoms with Gasteiger partial charge in [0, 0.05) is 28.5 Å². The maximum atomic E-state index is 14.8. The molecule has 3 rings (SSSR count). The highest BCUT2D eigenvalue weighted by atomic mass is 79.9. The molecule has 0 aliphatic heterocycles. The first-order valence-electron chi connectivity index (χ1n) is 9.86. The Labute approximate surface area is 174 Å². The van der Waals surface area contributed by atoms with Crippen molar-refractivity contribution in [1.29, 1.82) is 0 Å². The van der Waals surface area contributed by atoms with Gasteiger partial charge in [-0.15, -0.1) is 0 Å². The molecule has 0 spiro atoms. The second-order valence-corrected chi connectivity index (χ2v) is 7.81. The van der Waals surface area contributed by atoms with Gasteiger partial charge in [-0.25, -0.2) is 4.39 Å². The average molecular weight is 448 g/mol. The van der Waals surface area contributed by atoms with E-state index in [9.17, 15) is 4.39 Å². The molecule has 0 saturated heterocycles. The first kappa shape index (κ1) is 20.8. The van der Waals surface area contributed by atoms with Gasteiger partial charge in [-0.1, -0.05) is 35.7 Å². The summed E-state index contributed by atoms with van der Waals surface area (Å²) >= 11 is 3.47. The Hall–Kier alpha value is -1.92. The number of aryl methyl sites for hydroxylation is 1. The highest BCUT2D eigenvalue weighted by molar-refractivity contribution is 9.10. The van der Waals surface area contributed by atoms with Crippen LogP contribution in [0.5, 0.6) is 5.75 Å². The van der Waals surface area contributed by atoms with Gasteiger partial charge in [0.25, 0.3) is 0 Å². The number of ether oxygens (including phenoxy) is 1. The normalized spacial score (nSPS) is 11.3. The van der Waals surface area contributed by atoms with Crippen LogP contribution in [0.25, 0.3) is 22.2 Å². The molecule has 0 aliphatic rings. The zero-order valence-corrected chi connectivity index (χ0v) is 18.1. The van der Waals surface area contributed by atoms with Crippen LogP contribution in [0.3, 0.4) is 0 Å². The van der Waals surface area contributed by atoms with Crippen LogP contribution in [0.1, 0.15) is 32.6 Å². The number of rotatable bonds is 10. The van der Waals surface area contributed by atoms with Crippen LogP contribution >= 0.6 is 15.9 Å². The van der Waals surface area contributed by atoms with E-state index in [4.69, 9.17) is 4.74 Å². The van der Waals surface area contributed by atoms with Crippen LogP contribution in [-0.2, 0) is 7.05 Å². The molecule has 0 fully saturated rings. The van der Waals surface area contributed by atoms with Gasteiger partial charge in [0.15, 0.2) is 0 Å². The van der Waals surface area contributed by atoms with Crippen molar-refractivity contribution in [3.63, 3.8) is 0 Å². The summed E-state index contributed by atoms with van der Waals surface area (Å²) in [6.07, 6.45) is 4.48. The molecule has 2 aromatic carbocycles. The van der Waals surface area contributed by atoms with Crippen molar-refractivity contribution in [2.24, 2.45) is 7.05 Å². The van der Waals surface area contributed by atoms with Gasteiger partial charge >= 0.3 is 0 Å². The Bertz CT molecular complexity index is 926. The summed E-state index contributed by atoms with van der Waals surface area (Å²) in [5.74, 6) is 0.253. The summed E-state index contributed by atoms with van der Waals surface area (Å²) in [6.45, 7) is 4.83. The molecule has 1 aromatic heterocycles. The molecule has 0 radical (unpaired) electrons. The first-order valence-corrected chi connectivity index (χ1v) is 10.6. The highest BCUT2D eigenvalue weighted by Gasteiger charge is 2.15. The molecule has 3 aromatic rings. The van der Waals surface area contributed by atoms with Crippen LogP contribution < -0.4 is 10.1 Å². The fourth-order valence-electron chi connectivity index (χ4n) is 3.28. The molecule has 0 amide bonds. The van der Waals surface area contributed by atoms with E-state index in [1.54, 1.807) is 10.7 Å². The number of fused-ring (bicyclic) bond motifs is 1. The van der Waals surface area contributed by atoms with Gasteiger partial charge in [-0.2, -0.15) is 5.10 Å². The summed E-state index contributed by atoms with van der Waals surface area (Å²) < 4.78 is 23.2. The van der Waals surface area contributed by atoms with E-state index in [0.29, 0.717) is 23.6 Å². The molecule has 1 N–H and O–H groups in total. The number of nitrogens with zero attached hydrogens (tertiary/aromatic N) is 2. The number of halogens is 2. The third kappa shape index (κ3) is 5.11. The zero-order valence-electron chi connectivity index (χ0n) is 16.5. The van der Waals surface area contributed by atoms with Crippen molar-refractivity contribution in [2.45, 2.75) is 32.6 Å². The van der Waals surface area contributed by atoms with E-state index in [0.717, 1.165) is 41.3 Å². The minimum atomic E-state index is -0.314. The van der Waals surface area contributed by atoms with Crippen molar-refractivity contribution in [3.05, 3.63) is 46.7 Å². The minimum Gasteiger partial charge on any atom is -0.493 e. The van der Waals surface area contributed by atoms with Crippen LogP contribution in [0.2, 0.25) is 0 Å². The SMILES string of the molecule is CCNCCCCCCOc1ccc(-c2nn(C)c3cc(Br)ccc23)c(F)c1. The van der Waals surface area contributed by atoms with Crippen LogP contribution in [-0.4, -0.2) is 29.5 Å². The second kappa shape index (κ2) is 10.0. The molecule has 0 aliphatic carbocycles. The molecule has 6 heteroatoms. The number of nitrogens with one attached hydrogen (secondary N) is 1. The Kier molecular flexibility index (Phi) is 7.45. The van der Waals surface area contributed by atoms with Crippen molar-refractivity contribution >= 4 is 26.8 Å². The topological polar surface area (TPSA) is 39.1 Å². The lowest BCUT2D eigenvalue weighted by atomic mass is 10.1. The van der Waals surface area contributed by atoms with Crippen molar-refractivity contribution in [2.75, 3.05) is 19.7 Å². The Morgan fingerprint density at radius 2 is 1.93 bits per heavy atom. The molecular weight excluding hydrogens is 421 g/mol. The standard InChI is InChI=1S/C22H27BrFN3O/c1-3-25-12-6-4-5-7-13-28-17-9-11-18(20(24)15-17)22-19-10-8-16(23)14-21(19)27(2)26-22/h8-11,14-15,25H,3-7,12-13H2,1-2H3. The lowest BCUT2D eigenvalue weighted by Crippen LogP contribution is -2.13.